The van der Waals surface area contributed by atoms with E-state index in [4.69, 9.17) is 4.98 Å². The van der Waals surface area contributed by atoms with Gasteiger partial charge < -0.3 is 4.90 Å². The molecular formula is C27H28N4O3S. The monoisotopic (exact) mass is 488 g/mol. The molecule has 0 saturated heterocycles. The number of H-pyrrole nitrogens is 1. The smallest absolute Gasteiger partial charge is 0.329 e. The predicted molar refractivity (Wildman–Crippen MR) is 138 cm³/mol. The molecular weight excluding hydrogens is 460 g/mol. The second-order valence-electron chi connectivity index (χ2n) is 9.02. The van der Waals surface area contributed by atoms with E-state index in [2.05, 4.69) is 17.1 Å². The molecule has 1 aliphatic rings. The first-order valence-corrected chi connectivity index (χ1v) is 13.0. The Morgan fingerprint density at radius 1 is 1.17 bits per heavy atom. The third kappa shape index (κ3) is 4.98. The fourth-order valence-corrected chi connectivity index (χ4v) is 5.12. The molecule has 3 aromatic heterocycles. The number of rotatable bonds is 9. The van der Waals surface area contributed by atoms with E-state index in [0.29, 0.717) is 43.7 Å². The van der Waals surface area contributed by atoms with Gasteiger partial charge in [-0.05, 0) is 48.8 Å². The number of benzene rings is 1. The quantitative estimate of drug-likeness (QED) is 0.380. The summed E-state index contributed by atoms with van der Waals surface area (Å²) >= 11 is 1.60. The molecule has 5 rings (SSSR count). The summed E-state index contributed by atoms with van der Waals surface area (Å²) in [6, 6.07) is 15.8. The molecule has 0 bridgehead atoms. The molecule has 0 radical (unpaired) electrons. The summed E-state index contributed by atoms with van der Waals surface area (Å²) in [5.74, 6) is 0.0568. The molecule has 1 saturated carbocycles. The molecule has 4 aromatic rings. The highest BCUT2D eigenvalue weighted by atomic mass is 32.1. The topological polar surface area (TPSA) is 88.1 Å². The summed E-state index contributed by atoms with van der Waals surface area (Å²) < 4.78 is 1.49. The fourth-order valence-electron chi connectivity index (χ4n) is 4.40. The first kappa shape index (κ1) is 23.2. The summed E-state index contributed by atoms with van der Waals surface area (Å²) in [7, 11) is 0. The van der Waals surface area contributed by atoms with Crippen LogP contribution in [-0.4, -0.2) is 31.9 Å². The summed E-state index contributed by atoms with van der Waals surface area (Å²) in [6.07, 6.45) is 3.41. The van der Waals surface area contributed by atoms with Gasteiger partial charge in [0, 0.05) is 29.6 Å². The Morgan fingerprint density at radius 2 is 1.97 bits per heavy atom. The minimum Gasteiger partial charge on any atom is -0.333 e. The van der Waals surface area contributed by atoms with E-state index in [1.807, 2.05) is 42.6 Å². The van der Waals surface area contributed by atoms with E-state index < -0.39 is 11.2 Å². The molecule has 1 fully saturated rings. The molecule has 180 valence electrons. The molecule has 1 amide bonds. The van der Waals surface area contributed by atoms with Crippen LogP contribution in [0.2, 0.25) is 0 Å². The summed E-state index contributed by atoms with van der Waals surface area (Å²) in [4.78, 5) is 49.7. The lowest BCUT2D eigenvalue weighted by Gasteiger charge is -2.23. The van der Waals surface area contributed by atoms with Crippen LogP contribution in [0.15, 0.2) is 63.5 Å². The average molecular weight is 489 g/mol. The van der Waals surface area contributed by atoms with Gasteiger partial charge in [-0.3, -0.25) is 19.1 Å². The van der Waals surface area contributed by atoms with Crippen molar-refractivity contribution in [1.82, 2.24) is 19.4 Å². The highest BCUT2D eigenvalue weighted by Crippen LogP contribution is 2.40. The van der Waals surface area contributed by atoms with Gasteiger partial charge in [-0.2, -0.15) is 0 Å². The predicted octanol–water partition coefficient (Wildman–Crippen LogP) is 4.32. The molecule has 7 nitrogen and oxygen atoms in total. The molecule has 0 aliphatic heterocycles. The van der Waals surface area contributed by atoms with Crippen molar-refractivity contribution in [3.63, 3.8) is 0 Å². The van der Waals surface area contributed by atoms with Crippen LogP contribution in [0.5, 0.6) is 0 Å². The average Bonchev–Trinajstić information content (AvgIpc) is 3.60. The van der Waals surface area contributed by atoms with Crippen molar-refractivity contribution in [3.05, 3.63) is 96.4 Å². The Bertz CT molecular complexity index is 1450. The minimum absolute atomic E-state index is 0.198. The number of nitrogens with one attached hydrogen (secondary N) is 1. The fraction of sp³-hybridized carbons (Fsp3) is 0.333. The molecule has 0 atom stereocenters. The number of carbonyl (C=O) groups is 1. The number of aromatic nitrogens is 3. The van der Waals surface area contributed by atoms with Crippen LogP contribution in [0.1, 0.15) is 58.6 Å². The Hall–Kier alpha value is -3.52. The van der Waals surface area contributed by atoms with Crippen molar-refractivity contribution in [1.29, 1.82) is 0 Å². The van der Waals surface area contributed by atoms with Crippen molar-refractivity contribution in [2.75, 3.05) is 6.54 Å². The number of pyridine rings is 1. The van der Waals surface area contributed by atoms with Crippen LogP contribution in [0.3, 0.4) is 0 Å². The third-order valence-electron chi connectivity index (χ3n) is 6.37. The lowest BCUT2D eigenvalue weighted by molar-refractivity contribution is 0.0748. The van der Waals surface area contributed by atoms with Crippen molar-refractivity contribution >= 4 is 28.3 Å². The molecule has 1 N–H and O–H groups in total. The zero-order valence-corrected chi connectivity index (χ0v) is 20.5. The third-order valence-corrected chi connectivity index (χ3v) is 7.23. The lowest BCUT2D eigenvalue weighted by atomic mass is 10.1. The van der Waals surface area contributed by atoms with Gasteiger partial charge in [-0.1, -0.05) is 43.3 Å². The number of aromatic amines is 1. The Kier molecular flexibility index (Phi) is 6.63. The number of amides is 1. The van der Waals surface area contributed by atoms with Crippen LogP contribution < -0.4 is 11.2 Å². The van der Waals surface area contributed by atoms with Gasteiger partial charge >= 0.3 is 5.69 Å². The van der Waals surface area contributed by atoms with Crippen molar-refractivity contribution < 1.29 is 4.79 Å². The molecule has 1 aliphatic carbocycles. The van der Waals surface area contributed by atoms with Gasteiger partial charge in [0.2, 0.25) is 0 Å². The van der Waals surface area contributed by atoms with Crippen LogP contribution in [-0.2, 0) is 19.5 Å². The van der Waals surface area contributed by atoms with E-state index in [9.17, 15) is 14.4 Å². The molecule has 0 unspecified atom stereocenters. The van der Waals surface area contributed by atoms with Crippen molar-refractivity contribution in [2.45, 2.75) is 51.6 Å². The maximum Gasteiger partial charge on any atom is 0.329 e. The van der Waals surface area contributed by atoms with E-state index >= 15 is 0 Å². The second-order valence-corrected chi connectivity index (χ2v) is 10.1. The highest BCUT2D eigenvalue weighted by molar-refractivity contribution is 7.09. The summed E-state index contributed by atoms with van der Waals surface area (Å²) in [5.41, 5.74) is 1.52. The number of hydrogen-bond donors (Lipinski definition) is 1. The van der Waals surface area contributed by atoms with Gasteiger partial charge in [0.15, 0.2) is 5.65 Å². The standard InChI is InChI=1S/C27H28N4O3S/c1-2-13-31-24-23(25(32)29-27(31)34)21(16-22(28-24)19-10-11-19)26(33)30(17-20-9-6-15-35-20)14-12-18-7-4-3-5-8-18/h3-9,15-16,19H,2,10-14,17H2,1H3,(H,29,32,34). The lowest BCUT2D eigenvalue weighted by Crippen LogP contribution is -2.36. The number of nitrogens with zero attached hydrogens (tertiary/aromatic N) is 3. The van der Waals surface area contributed by atoms with E-state index in [1.54, 1.807) is 22.3 Å². The van der Waals surface area contributed by atoms with Gasteiger partial charge in [-0.25, -0.2) is 9.78 Å². The van der Waals surface area contributed by atoms with Crippen LogP contribution in [0.4, 0.5) is 0 Å². The SMILES string of the molecule is CCCn1c(=O)[nH]c(=O)c2c(C(=O)N(CCc3ccccc3)Cc3cccs3)cc(C3CC3)nc21. The number of fused-ring (bicyclic) bond motifs is 1. The number of hydrogen-bond acceptors (Lipinski definition) is 5. The van der Waals surface area contributed by atoms with E-state index in [0.717, 1.165) is 29.0 Å². The Balaban J connectivity index is 1.61. The first-order chi connectivity index (χ1) is 17.0. The normalized spacial score (nSPS) is 13.3. The molecule has 3 heterocycles. The molecule has 0 spiro atoms. The van der Waals surface area contributed by atoms with Crippen LogP contribution >= 0.6 is 11.3 Å². The van der Waals surface area contributed by atoms with Gasteiger partial charge in [0.05, 0.1) is 17.5 Å². The highest BCUT2D eigenvalue weighted by Gasteiger charge is 2.30. The Labute approximate surface area is 207 Å². The zero-order valence-electron chi connectivity index (χ0n) is 19.7. The first-order valence-electron chi connectivity index (χ1n) is 12.1. The summed E-state index contributed by atoms with van der Waals surface area (Å²) in [6.45, 7) is 3.36. The van der Waals surface area contributed by atoms with Crippen molar-refractivity contribution in [3.8, 4) is 0 Å². The van der Waals surface area contributed by atoms with Gasteiger partial charge in [-0.15, -0.1) is 11.3 Å². The van der Waals surface area contributed by atoms with Crippen LogP contribution in [0, 0.1) is 0 Å². The van der Waals surface area contributed by atoms with E-state index in [-0.39, 0.29) is 17.2 Å². The number of carbonyl (C=O) groups excluding carboxylic acids is 1. The molecule has 1 aromatic carbocycles. The maximum atomic E-state index is 14.1. The Morgan fingerprint density at radius 3 is 2.66 bits per heavy atom. The summed E-state index contributed by atoms with van der Waals surface area (Å²) in [5, 5.41) is 2.19. The van der Waals surface area contributed by atoms with Gasteiger partial charge in [0.25, 0.3) is 11.5 Å². The van der Waals surface area contributed by atoms with Gasteiger partial charge in [0.1, 0.15) is 0 Å². The molecule has 8 heteroatoms. The number of thiophene rings is 1. The van der Waals surface area contributed by atoms with Crippen LogP contribution in [0.25, 0.3) is 11.0 Å². The molecule has 35 heavy (non-hydrogen) atoms. The minimum atomic E-state index is -0.560. The zero-order chi connectivity index (χ0) is 24.4. The second kappa shape index (κ2) is 10.00. The maximum absolute atomic E-state index is 14.1. The van der Waals surface area contributed by atoms with Crippen molar-refractivity contribution in [2.24, 2.45) is 0 Å². The number of aryl methyl sites for hydroxylation is 1. The largest absolute Gasteiger partial charge is 0.333 e. The van der Waals surface area contributed by atoms with E-state index in [1.165, 1.54) is 4.57 Å².